The van der Waals surface area contributed by atoms with Crippen LogP contribution in [0.5, 0.6) is 0 Å². The van der Waals surface area contributed by atoms with Gasteiger partial charge in [0.15, 0.2) is 0 Å². The second-order valence-electron chi connectivity index (χ2n) is 6.22. The van der Waals surface area contributed by atoms with Crippen molar-refractivity contribution in [3.8, 4) is 0 Å². The van der Waals surface area contributed by atoms with E-state index in [0.717, 1.165) is 29.9 Å². The maximum Gasteiger partial charge on any atom is 0.245 e. The molecule has 1 N–H and O–H groups in total. The van der Waals surface area contributed by atoms with Crippen molar-refractivity contribution in [2.24, 2.45) is 0 Å². The molecule has 0 unspecified atom stereocenters. The molecule has 1 aromatic carbocycles. The average Bonchev–Trinajstić information content (AvgIpc) is 3.06. The van der Waals surface area contributed by atoms with E-state index in [1.54, 1.807) is 6.33 Å². The summed E-state index contributed by atoms with van der Waals surface area (Å²) in [5, 5.41) is 2.86. The Hall–Kier alpha value is -2.96. The van der Waals surface area contributed by atoms with Gasteiger partial charge in [0.1, 0.15) is 24.5 Å². The van der Waals surface area contributed by atoms with Gasteiger partial charge in [0.25, 0.3) is 0 Å². The fraction of sp³-hybridized carbons (Fsp3) is 0.333. The molecule has 0 atom stereocenters. The van der Waals surface area contributed by atoms with Crippen molar-refractivity contribution in [3.05, 3.63) is 43.0 Å². The zero-order chi connectivity index (χ0) is 17.1. The van der Waals surface area contributed by atoms with Crippen molar-refractivity contribution < 1.29 is 4.79 Å². The van der Waals surface area contributed by atoms with Crippen LogP contribution in [0.4, 0.5) is 11.6 Å². The number of imidazole rings is 1. The number of aromatic nitrogens is 4. The lowest BCUT2D eigenvalue weighted by Gasteiger charge is -2.27. The van der Waals surface area contributed by atoms with E-state index in [9.17, 15) is 4.79 Å². The minimum atomic E-state index is -0.133. The van der Waals surface area contributed by atoms with E-state index in [4.69, 9.17) is 0 Å². The molecule has 3 aromatic rings. The second-order valence-corrected chi connectivity index (χ2v) is 6.22. The summed E-state index contributed by atoms with van der Waals surface area (Å²) in [4.78, 5) is 27.4. The van der Waals surface area contributed by atoms with E-state index < -0.39 is 0 Å². The topological polar surface area (TPSA) is 75.9 Å². The van der Waals surface area contributed by atoms with Crippen molar-refractivity contribution in [2.45, 2.75) is 25.8 Å². The molecule has 7 heteroatoms. The zero-order valence-corrected chi connectivity index (χ0v) is 13.9. The molecule has 0 bridgehead atoms. The van der Waals surface area contributed by atoms with Crippen LogP contribution in [0.1, 0.15) is 19.3 Å². The van der Waals surface area contributed by atoms with Gasteiger partial charge in [-0.05, 0) is 31.4 Å². The Labute approximate surface area is 145 Å². The van der Waals surface area contributed by atoms with Crippen molar-refractivity contribution >= 4 is 28.6 Å². The van der Waals surface area contributed by atoms with Crippen molar-refractivity contribution in [1.29, 1.82) is 0 Å². The Bertz CT molecular complexity index is 884. The van der Waals surface area contributed by atoms with E-state index in [0.29, 0.717) is 5.82 Å². The lowest BCUT2D eigenvalue weighted by atomic mass is 10.1. The van der Waals surface area contributed by atoms with Gasteiger partial charge in [0.05, 0.1) is 17.4 Å². The molecular weight excluding hydrogens is 316 g/mol. The minimum absolute atomic E-state index is 0.133. The second kappa shape index (κ2) is 6.88. The highest BCUT2D eigenvalue weighted by Crippen LogP contribution is 2.19. The number of piperidine rings is 1. The lowest BCUT2D eigenvalue weighted by Crippen LogP contribution is -2.30. The Kier molecular flexibility index (Phi) is 4.28. The number of nitrogens with one attached hydrogen (secondary N) is 1. The first-order valence-electron chi connectivity index (χ1n) is 8.56. The summed E-state index contributed by atoms with van der Waals surface area (Å²) in [6.07, 6.45) is 6.82. The smallest absolute Gasteiger partial charge is 0.245 e. The molecule has 3 heterocycles. The van der Waals surface area contributed by atoms with Crippen molar-refractivity contribution in [3.63, 3.8) is 0 Å². The highest BCUT2D eigenvalue weighted by Gasteiger charge is 2.14. The van der Waals surface area contributed by atoms with Gasteiger partial charge in [0, 0.05) is 19.2 Å². The largest absolute Gasteiger partial charge is 0.356 e. The molecule has 0 saturated carbocycles. The fourth-order valence-electron chi connectivity index (χ4n) is 3.18. The lowest BCUT2D eigenvalue weighted by molar-refractivity contribution is -0.116. The number of nitrogens with zero attached hydrogens (tertiary/aromatic N) is 5. The van der Waals surface area contributed by atoms with Crippen LogP contribution in [-0.4, -0.2) is 38.5 Å². The molecule has 1 aliphatic heterocycles. The Balaban J connectivity index is 1.45. The molecule has 1 saturated heterocycles. The van der Waals surface area contributed by atoms with Crippen LogP contribution >= 0.6 is 0 Å². The molecule has 0 radical (unpaired) electrons. The zero-order valence-electron chi connectivity index (χ0n) is 13.9. The van der Waals surface area contributed by atoms with Crippen LogP contribution in [-0.2, 0) is 11.3 Å². The number of amides is 1. The van der Waals surface area contributed by atoms with E-state index >= 15 is 0 Å². The number of rotatable bonds is 4. The van der Waals surface area contributed by atoms with Gasteiger partial charge in [-0.2, -0.15) is 0 Å². The highest BCUT2D eigenvalue weighted by molar-refractivity contribution is 5.91. The van der Waals surface area contributed by atoms with Crippen LogP contribution in [0.3, 0.4) is 0 Å². The van der Waals surface area contributed by atoms with Crippen LogP contribution in [0.15, 0.2) is 43.0 Å². The van der Waals surface area contributed by atoms with Gasteiger partial charge in [-0.3, -0.25) is 4.79 Å². The number of hydrogen-bond donors (Lipinski definition) is 1. The number of hydrogen-bond acceptors (Lipinski definition) is 5. The summed E-state index contributed by atoms with van der Waals surface area (Å²) in [5.74, 6) is 1.27. The van der Waals surface area contributed by atoms with Crippen LogP contribution in [0.2, 0.25) is 0 Å². The van der Waals surface area contributed by atoms with Crippen molar-refractivity contribution in [1.82, 2.24) is 19.5 Å². The highest BCUT2D eigenvalue weighted by atomic mass is 16.2. The number of carbonyl (C=O) groups excluding carboxylic acids is 1. The normalized spacial score (nSPS) is 14.6. The first kappa shape index (κ1) is 15.6. The summed E-state index contributed by atoms with van der Waals surface area (Å²) in [6.45, 7) is 2.21. The average molecular weight is 336 g/mol. The fourth-order valence-corrected chi connectivity index (χ4v) is 3.18. The molecule has 1 fully saturated rings. The predicted molar refractivity (Wildman–Crippen MR) is 96.5 cm³/mol. The molecule has 2 aromatic heterocycles. The molecule has 4 rings (SSSR count). The standard InChI is InChI=1S/C18H20N6O/c25-18(11-24-13-21-14-6-2-3-7-15(14)24)22-16-10-17(20-12-19-16)23-8-4-1-5-9-23/h2-3,6-7,10,12-13H,1,4-5,8-9,11H2,(H,19,20,22,25). The van der Waals surface area contributed by atoms with E-state index in [-0.39, 0.29) is 12.5 Å². The third kappa shape index (κ3) is 3.45. The summed E-state index contributed by atoms with van der Waals surface area (Å²) >= 11 is 0. The Morgan fingerprint density at radius 2 is 1.92 bits per heavy atom. The minimum Gasteiger partial charge on any atom is -0.356 e. The Morgan fingerprint density at radius 1 is 1.08 bits per heavy atom. The van der Waals surface area contributed by atoms with Gasteiger partial charge >= 0.3 is 0 Å². The maximum absolute atomic E-state index is 12.4. The molecule has 0 aliphatic carbocycles. The van der Waals surface area contributed by atoms with E-state index in [1.165, 1.54) is 25.6 Å². The van der Waals surface area contributed by atoms with Gasteiger partial charge in [0.2, 0.25) is 5.91 Å². The molecular formula is C18H20N6O. The van der Waals surface area contributed by atoms with Crippen LogP contribution in [0.25, 0.3) is 11.0 Å². The summed E-state index contributed by atoms with van der Waals surface area (Å²) in [6, 6.07) is 9.60. The summed E-state index contributed by atoms with van der Waals surface area (Å²) in [7, 11) is 0. The quantitative estimate of drug-likeness (QED) is 0.792. The monoisotopic (exact) mass is 336 g/mol. The maximum atomic E-state index is 12.4. The molecule has 7 nitrogen and oxygen atoms in total. The molecule has 25 heavy (non-hydrogen) atoms. The molecule has 1 amide bonds. The molecule has 0 spiro atoms. The first-order chi connectivity index (χ1) is 12.3. The third-order valence-corrected chi connectivity index (χ3v) is 4.44. The summed E-state index contributed by atoms with van der Waals surface area (Å²) < 4.78 is 1.83. The summed E-state index contributed by atoms with van der Waals surface area (Å²) in [5.41, 5.74) is 1.82. The van der Waals surface area contributed by atoms with Gasteiger partial charge < -0.3 is 14.8 Å². The first-order valence-corrected chi connectivity index (χ1v) is 8.56. The van der Waals surface area contributed by atoms with Gasteiger partial charge in [-0.15, -0.1) is 0 Å². The SMILES string of the molecule is O=C(Cn1cnc2ccccc21)Nc1cc(N2CCCCC2)ncn1. The van der Waals surface area contributed by atoms with Crippen LogP contribution < -0.4 is 10.2 Å². The molecule has 128 valence electrons. The number of fused-ring (bicyclic) bond motifs is 1. The van der Waals surface area contributed by atoms with Gasteiger partial charge in [-0.25, -0.2) is 15.0 Å². The van der Waals surface area contributed by atoms with E-state index in [1.807, 2.05) is 34.9 Å². The van der Waals surface area contributed by atoms with Crippen LogP contribution in [0, 0.1) is 0 Å². The third-order valence-electron chi connectivity index (χ3n) is 4.44. The Morgan fingerprint density at radius 3 is 2.80 bits per heavy atom. The number of anilines is 2. The number of carbonyl (C=O) groups is 1. The van der Waals surface area contributed by atoms with E-state index in [2.05, 4.69) is 25.2 Å². The van der Waals surface area contributed by atoms with Crippen molar-refractivity contribution in [2.75, 3.05) is 23.3 Å². The van der Waals surface area contributed by atoms with Gasteiger partial charge in [-0.1, -0.05) is 12.1 Å². The molecule has 1 aliphatic rings. The number of benzene rings is 1. The number of para-hydroxylation sites is 2. The predicted octanol–water partition coefficient (Wildman–Crippen LogP) is 2.46.